The molecule has 1 amide bonds. The lowest BCUT2D eigenvalue weighted by Gasteiger charge is -2.07. The summed E-state index contributed by atoms with van der Waals surface area (Å²) in [5.74, 6) is -0.861. The van der Waals surface area contributed by atoms with E-state index in [4.69, 9.17) is 32.9 Å². The van der Waals surface area contributed by atoms with Crippen molar-refractivity contribution < 1.29 is 14.3 Å². The number of thiophene rings is 1. The number of fused-ring (bicyclic) bond motifs is 1. The summed E-state index contributed by atoms with van der Waals surface area (Å²) in [5, 5.41) is 4.78. The fraction of sp³-hybridized carbons (Fsp3) is 0.136. The zero-order chi connectivity index (χ0) is 22.1. The highest BCUT2D eigenvalue weighted by Crippen LogP contribution is 2.44. The Balaban J connectivity index is 1.82. The average Bonchev–Trinajstić information content (AvgIpc) is 3.30. The Hall–Kier alpha value is -2.45. The summed E-state index contributed by atoms with van der Waals surface area (Å²) in [7, 11) is 0. The molecule has 2 heterocycles. The molecule has 0 spiro atoms. The van der Waals surface area contributed by atoms with Crippen LogP contribution in [0.1, 0.15) is 32.5 Å². The zero-order valence-corrected chi connectivity index (χ0v) is 19.6. The molecule has 1 N–H and O–H groups in total. The number of carbonyl (C=O) groups excluding carboxylic acids is 2. The topological polar surface area (TPSA) is 68.3 Å². The highest BCUT2D eigenvalue weighted by atomic mass is 35.5. The number of amides is 1. The minimum Gasteiger partial charge on any atom is -0.462 e. The fourth-order valence-electron chi connectivity index (χ4n) is 3.07. The third-order valence-corrected chi connectivity index (χ3v) is 7.32. The quantitative estimate of drug-likeness (QED) is 0.303. The van der Waals surface area contributed by atoms with Crippen LogP contribution in [0.4, 0.5) is 5.00 Å². The molecule has 4 aromatic rings. The molecule has 0 aliphatic heterocycles. The van der Waals surface area contributed by atoms with E-state index >= 15 is 0 Å². The van der Waals surface area contributed by atoms with Gasteiger partial charge in [-0.25, -0.2) is 9.78 Å². The van der Waals surface area contributed by atoms with Crippen LogP contribution in [-0.4, -0.2) is 23.5 Å². The zero-order valence-electron chi connectivity index (χ0n) is 16.5. The highest BCUT2D eigenvalue weighted by Gasteiger charge is 2.26. The van der Waals surface area contributed by atoms with E-state index in [9.17, 15) is 9.59 Å². The molecule has 0 radical (unpaired) electrons. The summed E-state index contributed by atoms with van der Waals surface area (Å²) >= 11 is 14.9. The van der Waals surface area contributed by atoms with Gasteiger partial charge in [0.05, 0.1) is 27.4 Å². The van der Waals surface area contributed by atoms with Crippen molar-refractivity contribution in [3.63, 3.8) is 0 Å². The number of carbonyl (C=O) groups is 2. The number of hydrogen-bond acceptors (Lipinski definition) is 6. The van der Waals surface area contributed by atoms with Crippen LogP contribution in [0.2, 0.25) is 10.0 Å². The van der Waals surface area contributed by atoms with Gasteiger partial charge in [-0.05, 0) is 49.7 Å². The number of thiazole rings is 1. The van der Waals surface area contributed by atoms with Gasteiger partial charge in [0.15, 0.2) is 0 Å². The Labute approximate surface area is 196 Å². The molecule has 0 saturated heterocycles. The molecule has 2 aromatic heterocycles. The lowest BCUT2D eigenvalue weighted by atomic mass is 10.1. The van der Waals surface area contributed by atoms with Crippen LogP contribution in [0.15, 0.2) is 42.5 Å². The molecule has 0 atom stereocenters. The van der Waals surface area contributed by atoms with E-state index in [1.165, 1.54) is 17.4 Å². The number of esters is 1. The molecule has 31 heavy (non-hydrogen) atoms. The molecule has 0 unspecified atom stereocenters. The van der Waals surface area contributed by atoms with E-state index in [0.29, 0.717) is 31.0 Å². The van der Waals surface area contributed by atoms with Gasteiger partial charge < -0.3 is 10.1 Å². The molecule has 0 saturated carbocycles. The normalized spacial score (nSPS) is 11.0. The maximum atomic E-state index is 13.0. The number of nitrogens with zero attached hydrogens (tertiary/aromatic N) is 1. The van der Waals surface area contributed by atoms with Crippen molar-refractivity contribution >= 4 is 73.0 Å². The van der Waals surface area contributed by atoms with Crippen LogP contribution in [-0.2, 0) is 4.74 Å². The van der Waals surface area contributed by atoms with Gasteiger partial charge in [-0.3, -0.25) is 4.79 Å². The first kappa shape index (κ1) is 21.8. The van der Waals surface area contributed by atoms with Crippen molar-refractivity contribution in [1.29, 1.82) is 0 Å². The molecule has 0 aliphatic rings. The lowest BCUT2D eigenvalue weighted by molar-refractivity contribution is 0.0531. The van der Waals surface area contributed by atoms with Crippen LogP contribution in [0.25, 0.3) is 20.8 Å². The third-order valence-electron chi connectivity index (χ3n) is 4.52. The average molecular weight is 491 g/mol. The SMILES string of the molecule is CCOC(=O)c1sc(NC(=O)c2cc(Cl)ccc2Cl)c(-c2nc3ccccc3s2)c1C. The summed E-state index contributed by atoms with van der Waals surface area (Å²) in [6.07, 6.45) is 0. The van der Waals surface area contributed by atoms with E-state index in [-0.39, 0.29) is 17.2 Å². The molecule has 158 valence electrons. The number of halogens is 2. The second kappa shape index (κ2) is 8.96. The van der Waals surface area contributed by atoms with Crippen molar-refractivity contribution in [3.8, 4) is 10.6 Å². The van der Waals surface area contributed by atoms with E-state index in [0.717, 1.165) is 21.6 Å². The standard InChI is InChI=1S/C22H16Cl2N2O3S2/c1-3-29-22(28)18-11(2)17(20-25-15-6-4-5-7-16(15)30-20)21(31-18)26-19(27)13-10-12(23)8-9-14(13)24/h4-10H,3H2,1-2H3,(H,26,27). The van der Waals surface area contributed by atoms with Gasteiger partial charge in [0.25, 0.3) is 5.91 Å². The monoisotopic (exact) mass is 490 g/mol. The minimum absolute atomic E-state index is 0.244. The van der Waals surface area contributed by atoms with Crippen molar-refractivity contribution in [2.75, 3.05) is 11.9 Å². The Morgan fingerprint density at radius 1 is 1.13 bits per heavy atom. The molecule has 0 fully saturated rings. The number of benzene rings is 2. The number of anilines is 1. The number of aromatic nitrogens is 1. The van der Waals surface area contributed by atoms with Crippen LogP contribution < -0.4 is 5.32 Å². The predicted octanol–water partition coefficient (Wildman–Crippen LogP) is 7.07. The van der Waals surface area contributed by atoms with Crippen molar-refractivity contribution in [2.45, 2.75) is 13.8 Å². The largest absolute Gasteiger partial charge is 0.462 e. The van der Waals surface area contributed by atoms with E-state index < -0.39 is 11.9 Å². The Morgan fingerprint density at radius 3 is 2.65 bits per heavy atom. The first-order chi connectivity index (χ1) is 14.9. The van der Waals surface area contributed by atoms with E-state index in [2.05, 4.69) is 5.32 Å². The first-order valence-corrected chi connectivity index (χ1v) is 11.7. The second-order valence-electron chi connectivity index (χ2n) is 6.55. The number of para-hydroxylation sites is 1. The van der Waals surface area contributed by atoms with Crippen LogP contribution in [0, 0.1) is 6.92 Å². The smallest absolute Gasteiger partial charge is 0.348 e. The summed E-state index contributed by atoms with van der Waals surface area (Å²) in [6.45, 7) is 3.83. The van der Waals surface area contributed by atoms with Crippen LogP contribution in [0.5, 0.6) is 0 Å². The van der Waals surface area contributed by atoms with Gasteiger partial charge >= 0.3 is 5.97 Å². The Kier molecular flexibility index (Phi) is 6.29. The maximum absolute atomic E-state index is 13.0. The first-order valence-electron chi connectivity index (χ1n) is 9.32. The predicted molar refractivity (Wildman–Crippen MR) is 128 cm³/mol. The highest BCUT2D eigenvalue weighted by molar-refractivity contribution is 7.23. The van der Waals surface area contributed by atoms with Gasteiger partial charge in [-0.1, -0.05) is 35.3 Å². The lowest BCUT2D eigenvalue weighted by Crippen LogP contribution is -2.12. The number of hydrogen-bond donors (Lipinski definition) is 1. The van der Waals surface area contributed by atoms with E-state index in [1.54, 1.807) is 19.1 Å². The molecule has 9 heteroatoms. The number of ether oxygens (including phenoxy) is 1. The molecule has 0 aliphatic carbocycles. The Bertz CT molecular complexity index is 1280. The number of rotatable bonds is 5. The molecular weight excluding hydrogens is 475 g/mol. The minimum atomic E-state index is -0.436. The van der Waals surface area contributed by atoms with Crippen molar-refractivity contribution in [3.05, 3.63) is 68.5 Å². The van der Waals surface area contributed by atoms with Crippen molar-refractivity contribution in [2.24, 2.45) is 0 Å². The van der Waals surface area contributed by atoms with Crippen LogP contribution in [0.3, 0.4) is 0 Å². The number of nitrogens with one attached hydrogen (secondary N) is 1. The summed E-state index contributed by atoms with van der Waals surface area (Å²) < 4.78 is 6.21. The third kappa shape index (κ3) is 4.32. The van der Waals surface area contributed by atoms with E-state index in [1.807, 2.05) is 31.2 Å². The molecule has 4 rings (SSSR count). The van der Waals surface area contributed by atoms with Gasteiger partial charge in [-0.2, -0.15) is 0 Å². The molecule has 5 nitrogen and oxygen atoms in total. The van der Waals surface area contributed by atoms with Gasteiger partial charge in [0.1, 0.15) is 14.9 Å². The molecular formula is C22H16Cl2N2O3S2. The van der Waals surface area contributed by atoms with Crippen LogP contribution >= 0.6 is 45.9 Å². The summed E-state index contributed by atoms with van der Waals surface area (Å²) in [4.78, 5) is 30.6. The summed E-state index contributed by atoms with van der Waals surface area (Å²) in [5.41, 5.74) is 2.49. The van der Waals surface area contributed by atoms with Crippen molar-refractivity contribution in [1.82, 2.24) is 4.98 Å². The Morgan fingerprint density at radius 2 is 1.90 bits per heavy atom. The van der Waals surface area contributed by atoms with Gasteiger partial charge in [-0.15, -0.1) is 22.7 Å². The second-order valence-corrected chi connectivity index (χ2v) is 9.44. The molecule has 2 aromatic carbocycles. The van der Waals surface area contributed by atoms with Gasteiger partial charge in [0, 0.05) is 10.6 Å². The summed E-state index contributed by atoms with van der Waals surface area (Å²) in [6, 6.07) is 12.4. The maximum Gasteiger partial charge on any atom is 0.348 e. The molecule has 0 bridgehead atoms. The van der Waals surface area contributed by atoms with Gasteiger partial charge in [0.2, 0.25) is 0 Å². The fourth-order valence-corrected chi connectivity index (χ4v) is 5.68.